The first-order chi connectivity index (χ1) is 15.6. The van der Waals surface area contributed by atoms with Crippen molar-refractivity contribution in [2.45, 2.75) is 33.3 Å². The average Bonchev–Trinajstić information content (AvgIpc) is 2.80. The Bertz CT molecular complexity index is 1020. The van der Waals surface area contributed by atoms with Crippen molar-refractivity contribution in [3.05, 3.63) is 65.7 Å². The van der Waals surface area contributed by atoms with Gasteiger partial charge in [-0.2, -0.15) is 0 Å². The molecule has 3 aromatic rings. The zero-order valence-electron chi connectivity index (χ0n) is 18.9. The second-order valence-corrected chi connectivity index (χ2v) is 7.23. The van der Waals surface area contributed by atoms with Crippen molar-refractivity contribution in [3.63, 3.8) is 0 Å². The van der Waals surface area contributed by atoms with Gasteiger partial charge in [-0.25, -0.2) is 0 Å². The number of rotatable bonds is 11. The predicted octanol–water partition coefficient (Wildman–Crippen LogP) is 4.89. The Morgan fingerprint density at radius 3 is 2.19 bits per heavy atom. The summed E-state index contributed by atoms with van der Waals surface area (Å²) in [5, 5.41) is 15.7. The normalized spacial score (nSPS) is 11.8. The summed E-state index contributed by atoms with van der Waals surface area (Å²) in [6.45, 7) is 7.28. The summed E-state index contributed by atoms with van der Waals surface area (Å²) < 4.78 is 17.1. The number of amides is 1. The maximum atomic E-state index is 12.8. The minimum absolute atomic E-state index is 0.264. The van der Waals surface area contributed by atoms with Gasteiger partial charge in [-0.15, -0.1) is 0 Å². The molecule has 0 bridgehead atoms. The van der Waals surface area contributed by atoms with Crippen LogP contribution in [0.1, 0.15) is 49.2 Å². The van der Waals surface area contributed by atoms with Crippen molar-refractivity contribution in [2.75, 3.05) is 26.4 Å². The highest BCUT2D eigenvalue weighted by Gasteiger charge is 2.19. The second kappa shape index (κ2) is 11.4. The number of hydrogen-bond acceptors (Lipinski definition) is 5. The van der Waals surface area contributed by atoms with Crippen LogP contribution in [0.25, 0.3) is 10.8 Å². The molecule has 1 atom stereocenters. The molecule has 1 unspecified atom stereocenters. The fraction of sp³-hybridized carbons (Fsp3) is 0.346. The Morgan fingerprint density at radius 1 is 0.906 bits per heavy atom. The van der Waals surface area contributed by atoms with Crippen molar-refractivity contribution in [1.82, 2.24) is 5.32 Å². The molecule has 0 saturated heterocycles. The van der Waals surface area contributed by atoms with Crippen LogP contribution in [0.2, 0.25) is 0 Å². The summed E-state index contributed by atoms with van der Waals surface area (Å²) in [5.41, 5.74) is 1.27. The average molecular weight is 438 g/mol. The van der Waals surface area contributed by atoms with Crippen LogP contribution in [-0.4, -0.2) is 37.4 Å². The minimum Gasteiger partial charge on any atom is -0.490 e. The van der Waals surface area contributed by atoms with Gasteiger partial charge in [-0.1, -0.05) is 42.5 Å². The van der Waals surface area contributed by atoms with Crippen LogP contribution in [0.5, 0.6) is 17.2 Å². The molecule has 0 heterocycles. The van der Waals surface area contributed by atoms with Crippen molar-refractivity contribution >= 4 is 16.7 Å². The molecular formula is C26H31NO5. The molecule has 0 saturated carbocycles. The highest BCUT2D eigenvalue weighted by molar-refractivity contribution is 5.95. The van der Waals surface area contributed by atoms with E-state index >= 15 is 0 Å². The molecule has 0 radical (unpaired) electrons. The lowest BCUT2D eigenvalue weighted by molar-refractivity contribution is 0.0941. The van der Waals surface area contributed by atoms with E-state index in [0.717, 1.165) is 16.3 Å². The summed E-state index contributed by atoms with van der Waals surface area (Å²) in [5.74, 6) is 1.18. The van der Waals surface area contributed by atoms with Gasteiger partial charge in [0.05, 0.1) is 25.9 Å². The highest BCUT2D eigenvalue weighted by atomic mass is 16.5. The molecule has 0 aliphatic heterocycles. The molecule has 0 aliphatic carbocycles. The minimum atomic E-state index is -0.681. The van der Waals surface area contributed by atoms with E-state index in [9.17, 15) is 9.90 Å². The van der Waals surface area contributed by atoms with Gasteiger partial charge in [0.15, 0.2) is 11.5 Å². The third kappa shape index (κ3) is 5.51. The van der Waals surface area contributed by atoms with E-state index < -0.39 is 6.10 Å². The van der Waals surface area contributed by atoms with Gasteiger partial charge in [0.25, 0.3) is 5.91 Å². The first kappa shape index (κ1) is 23.4. The van der Waals surface area contributed by atoms with Crippen LogP contribution in [0, 0.1) is 0 Å². The topological polar surface area (TPSA) is 77.0 Å². The van der Waals surface area contributed by atoms with Gasteiger partial charge in [-0.3, -0.25) is 4.79 Å². The van der Waals surface area contributed by atoms with E-state index in [1.165, 1.54) is 0 Å². The number of aliphatic hydroxyl groups excluding tert-OH is 1. The van der Waals surface area contributed by atoms with E-state index in [0.29, 0.717) is 55.6 Å². The molecule has 0 fully saturated rings. The fourth-order valence-electron chi connectivity index (χ4n) is 3.64. The van der Waals surface area contributed by atoms with Crippen LogP contribution in [-0.2, 0) is 0 Å². The largest absolute Gasteiger partial charge is 0.490 e. The number of benzene rings is 3. The number of aliphatic hydroxyl groups is 1. The standard InChI is InChI=1S/C26H31NO5/c1-4-30-23-16-19(17-24(31-5-2)25(23)32-6-3)26(29)27-15-14-22(28)21-13-9-11-18-10-7-8-12-20(18)21/h7-13,16-17,22,28H,4-6,14-15H2,1-3H3,(H,27,29). The van der Waals surface area contributed by atoms with Crippen molar-refractivity contribution < 1.29 is 24.1 Å². The molecule has 1 amide bonds. The molecule has 170 valence electrons. The van der Waals surface area contributed by atoms with Crippen LogP contribution in [0.3, 0.4) is 0 Å². The lowest BCUT2D eigenvalue weighted by Gasteiger charge is -2.17. The van der Waals surface area contributed by atoms with Crippen LogP contribution < -0.4 is 19.5 Å². The van der Waals surface area contributed by atoms with Crippen LogP contribution in [0.15, 0.2) is 54.6 Å². The Hall–Kier alpha value is -3.25. The van der Waals surface area contributed by atoms with E-state index in [1.807, 2.05) is 63.2 Å². The van der Waals surface area contributed by atoms with Crippen LogP contribution >= 0.6 is 0 Å². The summed E-state index contributed by atoms with van der Waals surface area (Å²) in [4.78, 5) is 12.8. The summed E-state index contributed by atoms with van der Waals surface area (Å²) in [6.07, 6.45) is -0.285. The highest BCUT2D eigenvalue weighted by Crippen LogP contribution is 2.39. The predicted molar refractivity (Wildman–Crippen MR) is 126 cm³/mol. The zero-order chi connectivity index (χ0) is 22.9. The summed E-state index contributed by atoms with van der Waals surface area (Å²) in [7, 11) is 0. The fourth-order valence-corrected chi connectivity index (χ4v) is 3.64. The lowest BCUT2D eigenvalue weighted by Crippen LogP contribution is -2.26. The Labute approximate surface area is 189 Å². The summed E-state index contributed by atoms with van der Waals surface area (Å²) in [6, 6.07) is 17.1. The SMILES string of the molecule is CCOc1cc(C(=O)NCCC(O)c2cccc3ccccc23)cc(OCC)c1OCC. The zero-order valence-corrected chi connectivity index (χ0v) is 18.9. The van der Waals surface area contributed by atoms with Crippen molar-refractivity contribution in [2.24, 2.45) is 0 Å². The van der Waals surface area contributed by atoms with E-state index in [2.05, 4.69) is 5.32 Å². The molecule has 3 aromatic carbocycles. The number of ether oxygens (including phenoxy) is 3. The third-order valence-electron chi connectivity index (χ3n) is 5.06. The van der Waals surface area contributed by atoms with Gasteiger partial charge in [0.2, 0.25) is 5.75 Å². The van der Waals surface area contributed by atoms with Gasteiger partial charge in [-0.05, 0) is 55.7 Å². The molecule has 3 rings (SSSR count). The number of carbonyl (C=O) groups is 1. The first-order valence-electron chi connectivity index (χ1n) is 11.1. The van der Waals surface area contributed by atoms with Gasteiger partial charge >= 0.3 is 0 Å². The molecule has 6 heteroatoms. The van der Waals surface area contributed by atoms with E-state index in [-0.39, 0.29) is 5.91 Å². The monoisotopic (exact) mass is 437 g/mol. The van der Waals surface area contributed by atoms with Gasteiger partial charge < -0.3 is 24.6 Å². The Kier molecular flexibility index (Phi) is 8.34. The lowest BCUT2D eigenvalue weighted by atomic mass is 9.99. The number of nitrogens with one attached hydrogen (secondary N) is 1. The van der Waals surface area contributed by atoms with Gasteiger partial charge in [0, 0.05) is 12.1 Å². The molecular weight excluding hydrogens is 406 g/mol. The Morgan fingerprint density at radius 2 is 1.53 bits per heavy atom. The number of fused-ring (bicyclic) bond motifs is 1. The van der Waals surface area contributed by atoms with Crippen molar-refractivity contribution in [3.8, 4) is 17.2 Å². The Balaban J connectivity index is 1.71. The molecule has 32 heavy (non-hydrogen) atoms. The van der Waals surface area contributed by atoms with Gasteiger partial charge in [0.1, 0.15) is 0 Å². The van der Waals surface area contributed by atoms with Crippen LogP contribution in [0.4, 0.5) is 0 Å². The number of carbonyl (C=O) groups excluding carboxylic acids is 1. The molecule has 0 spiro atoms. The van der Waals surface area contributed by atoms with E-state index in [1.54, 1.807) is 12.1 Å². The number of hydrogen-bond donors (Lipinski definition) is 2. The quantitative estimate of drug-likeness (QED) is 0.447. The summed E-state index contributed by atoms with van der Waals surface area (Å²) >= 11 is 0. The second-order valence-electron chi connectivity index (χ2n) is 7.23. The molecule has 0 aromatic heterocycles. The smallest absolute Gasteiger partial charge is 0.251 e. The first-order valence-corrected chi connectivity index (χ1v) is 11.1. The maximum Gasteiger partial charge on any atom is 0.251 e. The maximum absolute atomic E-state index is 12.8. The third-order valence-corrected chi connectivity index (χ3v) is 5.06. The molecule has 2 N–H and O–H groups in total. The van der Waals surface area contributed by atoms with E-state index in [4.69, 9.17) is 14.2 Å². The molecule has 0 aliphatic rings. The molecule has 6 nitrogen and oxygen atoms in total. The van der Waals surface area contributed by atoms with Crippen molar-refractivity contribution in [1.29, 1.82) is 0 Å².